The van der Waals surface area contributed by atoms with Crippen molar-refractivity contribution in [2.24, 2.45) is 0 Å². The minimum absolute atomic E-state index is 0.0773. The lowest BCUT2D eigenvalue weighted by Gasteiger charge is -2.33. The number of likely N-dealkylation sites (tertiary alicyclic amines) is 1. The Morgan fingerprint density at radius 2 is 2.00 bits per heavy atom. The molecule has 1 aliphatic heterocycles. The monoisotopic (exact) mass is 314 g/mol. The van der Waals surface area contributed by atoms with Crippen LogP contribution in [0.3, 0.4) is 0 Å². The molecule has 0 bridgehead atoms. The summed E-state index contributed by atoms with van der Waals surface area (Å²) in [6, 6.07) is 7.24. The van der Waals surface area contributed by atoms with E-state index in [-0.39, 0.29) is 12.1 Å². The highest BCUT2D eigenvalue weighted by Gasteiger charge is 2.24. The fourth-order valence-corrected chi connectivity index (χ4v) is 2.92. The zero-order valence-corrected chi connectivity index (χ0v) is 13.1. The molecule has 1 aliphatic rings. The highest BCUT2D eigenvalue weighted by Crippen LogP contribution is 2.24. The Balaban J connectivity index is 1.59. The first-order chi connectivity index (χ1) is 11.3. The highest BCUT2D eigenvalue weighted by molar-refractivity contribution is 5.89. The maximum absolute atomic E-state index is 12.1. The van der Waals surface area contributed by atoms with Crippen LogP contribution in [0.15, 0.2) is 47.3 Å². The van der Waals surface area contributed by atoms with Gasteiger partial charge in [0.2, 0.25) is 0 Å². The van der Waals surface area contributed by atoms with Crippen LogP contribution in [-0.4, -0.2) is 35.5 Å². The molecule has 1 saturated heterocycles. The minimum atomic E-state index is -0.218. The van der Waals surface area contributed by atoms with Gasteiger partial charge in [-0.25, -0.2) is 4.79 Å². The Morgan fingerprint density at radius 1 is 1.22 bits per heavy atom. The molecular formula is C17H22N4O2. The van der Waals surface area contributed by atoms with Gasteiger partial charge in [-0.1, -0.05) is 6.42 Å². The summed E-state index contributed by atoms with van der Waals surface area (Å²) < 4.78 is 5.58. The number of rotatable bonds is 5. The average Bonchev–Trinajstić information content (AvgIpc) is 3.11. The van der Waals surface area contributed by atoms with Crippen molar-refractivity contribution < 1.29 is 9.21 Å². The fraction of sp³-hybridized carbons (Fsp3) is 0.412. The van der Waals surface area contributed by atoms with Crippen molar-refractivity contribution in [1.29, 1.82) is 0 Å². The van der Waals surface area contributed by atoms with Gasteiger partial charge in [-0.3, -0.25) is 9.88 Å². The molecule has 6 nitrogen and oxygen atoms in total. The molecule has 3 heterocycles. The van der Waals surface area contributed by atoms with E-state index in [1.54, 1.807) is 30.8 Å². The summed E-state index contributed by atoms with van der Waals surface area (Å²) in [6.07, 6.45) is 8.64. The molecule has 2 aromatic rings. The number of piperidine rings is 1. The molecule has 0 aliphatic carbocycles. The topological polar surface area (TPSA) is 70.4 Å². The number of hydrogen-bond acceptors (Lipinski definition) is 4. The van der Waals surface area contributed by atoms with Gasteiger partial charge in [-0.05, 0) is 50.2 Å². The van der Waals surface area contributed by atoms with Gasteiger partial charge in [-0.2, -0.15) is 0 Å². The van der Waals surface area contributed by atoms with Crippen molar-refractivity contribution in [3.8, 4) is 0 Å². The number of hydrogen-bond donors (Lipinski definition) is 2. The third-order valence-electron chi connectivity index (χ3n) is 4.10. The predicted octanol–water partition coefficient (Wildman–Crippen LogP) is 3.02. The van der Waals surface area contributed by atoms with Crippen molar-refractivity contribution in [3.63, 3.8) is 0 Å². The number of urea groups is 1. The summed E-state index contributed by atoms with van der Waals surface area (Å²) in [4.78, 5) is 18.4. The third kappa shape index (κ3) is 4.32. The minimum Gasteiger partial charge on any atom is -0.468 e. The van der Waals surface area contributed by atoms with Crippen LogP contribution in [0.25, 0.3) is 0 Å². The Hall–Kier alpha value is -2.34. The SMILES string of the molecule is O=C(NCC(c1ccco1)N1CCCCC1)Nc1ccncc1. The first-order valence-electron chi connectivity index (χ1n) is 8.05. The number of aromatic nitrogens is 1. The Labute approximate surface area is 135 Å². The molecule has 1 unspecified atom stereocenters. The highest BCUT2D eigenvalue weighted by atomic mass is 16.3. The van der Waals surface area contributed by atoms with Crippen molar-refractivity contribution >= 4 is 11.7 Å². The van der Waals surface area contributed by atoms with Gasteiger partial charge < -0.3 is 15.1 Å². The number of carbonyl (C=O) groups is 1. The van der Waals surface area contributed by atoms with Crippen LogP contribution >= 0.6 is 0 Å². The second-order valence-corrected chi connectivity index (χ2v) is 5.70. The van der Waals surface area contributed by atoms with Crippen LogP contribution < -0.4 is 10.6 Å². The Bertz CT molecular complexity index is 594. The van der Waals surface area contributed by atoms with E-state index in [0.29, 0.717) is 6.54 Å². The molecule has 2 amide bonds. The maximum Gasteiger partial charge on any atom is 0.319 e. The quantitative estimate of drug-likeness (QED) is 0.890. The summed E-state index contributed by atoms with van der Waals surface area (Å²) >= 11 is 0. The Kier molecular flexibility index (Phi) is 5.26. The molecule has 0 saturated carbocycles. The largest absolute Gasteiger partial charge is 0.468 e. The van der Waals surface area contributed by atoms with E-state index in [2.05, 4.69) is 20.5 Å². The molecule has 23 heavy (non-hydrogen) atoms. The predicted molar refractivity (Wildman–Crippen MR) is 88.1 cm³/mol. The molecular weight excluding hydrogens is 292 g/mol. The van der Waals surface area contributed by atoms with Crippen LogP contribution in [0.5, 0.6) is 0 Å². The molecule has 2 aromatic heterocycles. The molecule has 6 heteroatoms. The van der Waals surface area contributed by atoms with Crippen molar-refractivity contribution in [3.05, 3.63) is 48.7 Å². The van der Waals surface area contributed by atoms with Crippen molar-refractivity contribution in [2.75, 3.05) is 25.0 Å². The summed E-state index contributed by atoms with van der Waals surface area (Å²) in [5, 5.41) is 5.75. The second-order valence-electron chi connectivity index (χ2n) is 5.70. The van der Waals surface area contributed by atoms with Crippen LogP contribution in [0, 0.1) is 0 Å². The summed E-state index contributed by atoms with van der Waals surface area (Å²) in [6.45, 7) is 2.60. The number of amides is 2. The van der Waals surface area contributed by atoms with Gasteiger partial charge in [0, 0.05) is 24.6 Å². The van der Waals surface area contributed by atoms with E-state index >= 15 is 0 Å². The smallest absolute Gasteiger partial charge is 0.319 e. The number of nitrogens with zero attached hydrogens (tertiary/aromatic N) is 2. The zero-order valence-electron chi connectivity index (χ0n) is 13.1. The summed E-state index contributed by atoms with van der Waals surface area (Å²) in [5.41, 5.74) is 0.727. The number of nitrogens with one attached hydrogen (secondary N) is 2. The second kappa shape index (κ2) is 7.78. The molecule has 0 radical (unpaired) electrons. The lowest BCUT2D eigenvalue weighted by molar-refractivity contribution is 0.144. The molecule has 0 aromatic carbocycles. The number of furan rings is 1. The molecule has 0 spiro atoms. The van der Waals surface area contributed by atoms with Gasteiger partial charge in [0.15, 0.2) is 0 Å². The Morgan fingerprint density at radius 3 is 2.70 bits per heavy atom. The summed E-state index contributed by atoms with van der Waals surface area (Å²) in [7, 11) is 0. The van der Waals surface area contributed by atoms with Crippen molar-refractivity contribution in [1.82, 2.24) is 15.2 Å². The van der Waals surface area contributed by atoms with Gasteiger partial charge >= 0.3 is 6.03 Å². The van der Waals surface area contributed by atoms with E-state index in [0.717, 1.165) is 24.5 Å². The van der Waals surface area contributed by atoms with Gasteiger partial charge in [0.05, 0.1) is 12.3 Å². The normalized spacial score (nSPS) is 16.7. The van der Waals surface area contributed by atoms with E-state index in [1.807, 2.05) is 12.1 Å². The van der Waals surface area contributed by atoms with Gasteiger partial charge in [0.25, 0.3) is 0 Å². The first-order valence-corrected chi connectivity index (χ1v) is 8.05. The van der Waals surface area contributed by atoms with E-state index in [9.17, 15) is 4.79 Å². The maximum atomic E-state index is 12.1. The molecule has 2 N–H and O–H groups in total. The zero-order chi connectivity index (χ0) is 15.9. The standard InChI is InChI=1S/C17H22N4O2/c22-17(20-14-6-8-18-9-7-14)19-13-15(16-5-4-12-23-16)21-10-2-1-3-11-21/h4-9,12,15H,1-3,10-11,13H2,(H2,18,19,20,22). The van der Waals surface area contributed by atoms with Crippen LogP contribution in [0.4, 0.5) is 10.5 Å². The van der Waals surface area contributed by atoms with Gasteiger partial charge in [0.1, 0.15) is 5.76 Å². The van der Waals surface area contributed by atoms with Crippen molar-refractivity contribution in [2.45, 2.75) is 25.3 Å². The molecule has 122 valence electrons. The average molecular weight is 314 g/mol. The lowest BCUT2D eigenvalue weighted by Crippen LogP contribution is -2.41. The van der Waals surface area contributed by atoms with Crippen LogP contribution in [0.1, 0.15) is 31.1 Å². The molecule has 1 fully saturated rings. The third-order valence-corrected chi connectivity index (χ3v) is 4.10. The summed E-state index contributed by atoms with van der Waals surface area (Å²) in [5.74, 6) is 0.899. The molecule has 1 atom stereocenters. The lowest BCUT2D eigenvalue weighted by atomic mass is 10.1. The molecule has 3 rings (SSSR count). The van der Waals surface area contributed by atoms with Crippen LogP contribution in [-0.2, 0) is 0 Å². The number of carbonyl (C=O) groups excluding carboxylic acids is 1. The van der Waals surface area contributed by atoms with Gasteiger partial charge in [-0.15, -0.1) is 0 Å². The number of anilines is 1. The number of pyridine rings is 1. The first kappa shape index (κ1) is 15.6. The van der Waals surface area contributed by atoms with E-state index < -0.39 is 0 Å². The van der Waals surface area contributed by atoms with E-state index in [1.165, 1.54) is 19.3 Å². The van der Waals surface area contributed by atoms with E-state index in [4.69, 9.17) is 4.42 Å². The fourth-order valence-electron chi connectivity index (χ4n) is 2.92. The van der Waals surface area contributed by atoms with Crippen LogP contribution in [0.2, 0.25) is 0 Å².